The molecule has 82 valence electrons. The molecule has 5 nitrogen and oxygen atoms in total. The van der Waals surface area contributed by atoms with Gasteiger partial charge in [-0.05, 0) is 39.1 Å². The molecule has 0 radical (unpaired) electrons. The van der Waals surface area contributed by atoms with Gasteiger partial charge in [0.15, 0.2) is 0 Å². The zero-order valence-electron chi connectivity index (χ0n) is 8.44. The summed E-state index contributed by atoms with van der Waals surface area (Å²) in [6, 6.07) is 0. The average Bonchev–Trinajstić information content (AvgIpc) is 2.44. The van der Waals surface area contributed by atoms with Gasteiger partial charge in [-0.2, -0.15) is 4.68 Å². The molecule has 0 N–H and O–H groups in total. The second kappa shape index (κ2) is 3.59. The molecule has 1 aromatic rings. The highest BCUT2D eigenvalue weighted by molar-refractivity contribution is 9.10. The topological polar surface area (TPSA) is 61.0 Å². The van der Waals surface area contributed by atoms with E-state index in [-0.39, 0.29) is 11.2 Å². The molecule has 0 unspecified atom stereocenters. The zero-order valence-corrected chi connectivity index (χ0v) is 10.0. The standard InChI is InChI=1S/C9H12BrN3O2/c1-9(3-2-4-9)6-12-5-7(10)8(11-12)13(14)15/h5H,2-4,6H2,1H3. The molecule has 0 saturated heterocycles. The number of halogens is 1. The molecule has 1 saturated carbocycles. The summed E-state index contributed by atoms with van der Waals surface area (Å²) in [5, 5.41) is 14.5. The molecule has 1 aliphatic rings. The Morgan fingerprint density at radius 2 is 2.40 bits per heavy atom. The lowest BCUT2D eigenvalue weighted by Gasteiger charge is -2.37. The molecule has 0 atom stereocenters. The number of hydrogen-bond donors (Lipinski definition) is 0. The number of hydrogen-bond acceptors (Lipinski definition) is 3. The Bertz CT molecular complexity index is 398. The Morgan fingerprint density at radius 3 is 2.80 bits per heavy atom. The Balaban J connectivity index is 2.16. The van der Waals surface area contributed by atoms with Crippen LogP contribution in [0.3, 0.4) is 0 Å². The molecule has 0 aliphatic heterocycles. The van der Waals surface area contributed by atoms with Crippen molar-refractivity contribution in [3.63, 3.8) is 0 Å². The van der Waals surface area contributed by atoms with E-state index in [4.69, 9.17) is 0 Å². The molecule has 1 fully saturated rings. The van der Waals surface area contributed by atoms with Crippen molar-refractivity contribution in [3.05, 3.63) is 20.8 Å². The van der Waals surface area contributed by atoms with Gasteiger partial charge in [0.2, 0.25) is 0 Å². The summed E-state index contributed by atoms with van der Waals surface area (Å²) >= 11 is 3.14. The van der Waals surface area contributed by atoms with Gasteiger partial charge in [0.1, 0.15) is 4.47 Å². The van der Waals surface area contributed by atoms with Crippen molar-refractivity contribution in [1.82, 2.24) is 9.78 Å². The van der Waals surface area contributed by atoms with Gasteiger partial charge < -0.3 is 10.1 Å². The lowest BCUT2D eigenvalue weighted by Crippen LogP contribution is -2.30. The van der Waals surface area contributed by atoms with Gasteiger partial charge >= 0.3 is 5.82 Å². The summed E-state index contributed by atoms with van der Waals surface area (Å²) in [5.41, 5.74) is 0.277. The van der Waals surface area contributed by atoms with Crippen molar-refractivity contribution in [1.29, 1.82) is 0 Å². The van der Waals surface area contributed by atoms with Crippen LogP contribution in [-0.4, -0.2) is 14.7 Å². The van der Waals surface area contributed by atoms with E-state index in [2.05, 4.69) is 28.0 Å². The SMILES string of the molecule is CC1(Cn2cc(Br)c([N+](=O)[O-])n2)CCC1. The minimum atomic E-state index is -0.469. The third-order valence-electron chi connectivity index (χ3n) is 2.98. The van der Waals surface area contributed by atoms with Crippen LogP contribution >= 0.6 is 15.9 Å². The summed E-state index contributed by atoms with van der Waals surface area (Å²) in [6.07, 6.45) is 5.29. The van der Waals surface area contributed by atoms with Crippen molar-refractivity contribution < 1.29 is 4.92 Å². The maximum absolute atomic E-state index is 10.6. The van der Waals surface area contributed by atoms with Gasteiger partial charge in [0.25, 0.3) is 0 Å². The molecule has 1 aromatic heterocycles. The highest BCUT2D eigenvalue weighted by Gasteiger charge is 2.34. The second-order valence-electron chi connectivity index (χ2n) is 4.42. The summed E-state index contributed by atoms with van der Waals surface area (Å²) in [4.78, 5) is 10.1. The Hall–Kier alpha value is -0.910. The summed E-state index contributed by atoms with van der Waals surface area (Å²) in [6.45, 7) is 2.96. The van der Waals surface area contributed by atoms with Gasteiger partial charge in [-0.1, -0.05) is 13.3 Å². The van der Waals surface area contributed by atoms with E-state index in [1.54, 1.807) is 10.9 Å². The van der Waals surface area contributed by atoms with Gasteiger partial charge in [-0.15, -0.1) is 0 Å². The second-order valence-corrected chi connectivity index (χ2v) is 5.27. The largest absolute Gasteiger partial charge is 0.404 e. The van der Waals surface area contributed by atoms with Crippen molar-refractivity contribution in [2.75, 3.05) is 0 Å². The molecule has 15 heavy (non-hydrogen) atoms. The fourth-order valence-corrected chi connectivity index (χ4v) is 2.38. The molecule has 0 amide bonds. The molecule has 0 bridgehead atoms. The third kappa shape index (κ3) is 2.04. The quantitative estimate of drug-likeness (QED) is 0.629. The molecule has 6 heteroatoms. The van der Waals surface area contributed by atoms with Gasteiger partial charge in [0, 0.05) is 0 Å². The van der Waals surface area contributed by atoms with Crippen LogP contribution in [0.5, 0.6) is 0 Å². The Morgan fingerprint density at radius 1 is 1.73 bits per heavy atom. The third-order valence-corrected chi connectivity index (χ3v) is 3.54. The Kier molecular flexibility index (Phi) is 2.54. The summed E-state index contributed by atoms with van der Waals surface area (Å²) in [5.74, 6) is -0.0991. The molecule has 1 aliphatic carbocycles. The van der Waals surface area contributed by atoms with Gasteiger partial charge in [-0.25, -0.2) is 0 Å². The molecule has 0 aromatic carbocycles. The van der Waals surface area contributed by atoms with E-state index in [0.717, 1.165) is 6.54 Å². The van der Waals surface area contributed by atoms with Crippen molar-refractivity contribution in [3.8, 4) is 0 Å². The highest BCUT2D eigenvalue weighted by Crippen LogP contribution is 2.41. The lowest BCUT2D eigenvalue weighted by atomic mass is 9.70. The zero-order chi connectivity index (χ0) is 11.1. The first-order valence-corrected chi connectivity index (χ1v) is 5.67. The van der Waals surface area contributed by atoms with E-state index < -0.39 is 4.92 Å². The first-order chi connectivity index (χ1) is 7.00. The van der Waals surface area contributed by atoms with Crippen molar-refractivity contribution in [2.45, 2.75) is 32.7 Å². The molecular weight excluding hydrogens is 262 g/mol. The smallest absolute Gasteiger partial charge is 0.358 e. The van der Waals surface area contributed by atoms with E-state index >= 15 is 0 Å². The minimum Gasteiger partial charge on any atom is -0.358 e. The first kappa shape index (κ1) is 10.6. The van der Waals surface area contributed by atoms with E-state index in [1.807, 2.05) is 0 Å². The Labute approximate surface area is 95.7 Å². The summed E-state index contributed by atoms with van der Waals surface area (Å²) in [7, 11) is 0. The monoisotopic (exact) mass is 273 g/mol. The number of nitrogens with zero attached hydrogens (tertiary/aromatic N) is 3. The predicted octanol–water partition coefficient (Wildman–Crippen LogP) is 2.74. The average molecular weight is 274 g/mol. The van der Waals surface area contributed by atoms with E-state index in [1.165, 1.54) is 19.3 Å². The molecule has 2 rings (SSSR count). The van der Waals surface area contributed by atoms with E-state index in [9.17, 15) is 10.1 Å². The normalized spacial score (nSPS) is 18.5. The lowest BCUT2D eigenvalue weighted by molar-refractivity contribution is -0.390. The number of aromatic nitrogens is 2. The number of nitro groups is 1. The highest BCUT2D eigenvalue weighted by atomic mass is 79.9. The van der Waals surface area contributed by atoms with Crippen molar-refractivity contribution >= 4 is 21.7 Å². The maximum Gasteiger partial charge on any atom is 0.404 e. The van der Waals surface area contributed by atoms with Crippen LogP contribution in [0, 0.1) is 15.5 Å². The van der Waals surface area contributed by atoms with Crippen LogP contribution in [0.25, 0.3) is 0 Å². The van der Waals surface area contributed by atoms with Crippen LogP contribution in [0.4, 0.5) is 5.82 Å². The van der Waals surface area contributed by atoms with Gasteiger partial charge in [-0.3, -0.25) is 0 Å². The number of rotatable bonds is 3. The molecular formula is C9H12BrN3O2. The fraction of sp³-hybridized carbons (Fsp3) is 0.667. The van der Waals surface area contributed by atoms with Crippen LogP contribution in [0.15, 0.2) is 10.7 Å². The van der Waals surface area contributed by atoms with Crippen molar-refractivity contribution in [2.24, 2.45) is 5.41 Å². The summed E-state index contributed by atoms with van der Waals surface area (Å²) < 4.78 is 2.12. The van der Waals surface area contributed by atoms with Crippen LogP contribution in [-0.2, 0) is 6.54 Å². The predicted molar refractivity (Wildman–Crippen MR) is 58.5 cm³/mol. The van der Waals surface area contributed by atoms with Crippen LogP contribution in [0.2, 0.25) is 0 Å². The molecule has 0 spiro atoms. The molecule has 1 heterocycles. The minimum absolute atomic E-state index is 0.0991. The maximum atomic E-state index is 10.6. The van der Waals surface area contributed by atoms with Crippen LogP contribution in [0.1, 0.15) is 26.2 Å². The first-order valence-electron chi connectivity index (χ1n) is 4.88. The van der Waals surface area contributed by atoms with E-state index in [0.29, 0.717) is 4.47 Å². The van der Waals surface area contributed by atoms with Gasteiger partial charge in [0.05, 0.1) is 17.8 Å². The fourth-order valence-electron chi connectivity index (χ4n) is 1.92. The van der Waals surface area contributed by atoms with Crippen LogP contribution < -0.4 is 0 Å².